The fourth-order valence-electron chi connectivity index (χ4n) is 2.64. The first-order valence-corrected chi connectivity index (χ1v) is 8.99. The Balaban J connectivity index is 1.92. The smallest absolute Gasteiger partial charge is 0.354 e. The van der Waals surface area contributed by atoms with Gasteiger partial charge in [-0.1, -0.05) is 23.2 Å². The predicted molar refractivity (Wildman–Crippen MR) is 96.0 cm³/mol. The molecule has 2 aromatic rings. The molecule has 1 unspecified atom stereocenters. The van der Waals surface area contributed by atoms with E-state index in [0.29, 0.717) is 22.8 Å². The molecule has 0 aliphatic carbocycles. The summed E-state index contributed by atoms with van der Waals surface area (Å²) >= 11 is 11.8. The molecule has 1 atom stereocenters. The number of carbonyl (C=O) groups excluding carboxylic acids is 1. The van der Waals surface area contributed by atoms with Crippen LogP contribution in [0.3, 0.4) is 0 Å². The van der Waals surface area contributed by atoms with Crippen LogP contribution in [-0.4, -0.2) is 32.0 Å². The van der Waals surface area contributed by atoms with Crippen LogP contribution in [0.5, 0.6) is 0 Å². The fraction of sp³-hybridized carbons (Fsp3) is 0.562. The zero-order valence-electron chi connectivity index (χ0n) is 15.3. The summed E-state index contributed by atoms with van der Waals surface area (Å²) in [5, 5.41) is 10.6. The van der Waals surface area contributed by atoms with Crippen molar-refractivity contribution in [3.63, 3.8) is 0 Å². The van der Waals surface area contributed by atoms with Crippen LogP contribution in [0.2, 0.25) is 10.0 Å². The lowest BCUT2D eigenvalue weighted by Crippen LogP contribution is -2.33. The molecule has 1 amide bonds. The van der Waals surface area contributed by atoms with Crippen molar-refractivity contribution >= 4 is 29.1 Å². The van der Waals surface area contributed by atoms with Crippen LogP contribution in [0.4, 0.5) is 13.2 Å². The highest BCUT2D eigenvalue weighted by molar-refractivity contribution is 6.32. The monoisotopic (exact) mass is 425 g/mol. The molecule has 2 heterocycles. The molecule has 0 saturated heterocycles. The van der Waals surface area contributed by atoms with Gasteiger partial charge in [-0.05, 0) is 34.1 Å². The molecule has 0 spiro atoms. The molecule has 11 heteroatoms. The van der Waals surface area contributed by atoms with E-state index in [4.69, 9.17) is 23.2 Å². The average molecular weight is 426 g/mol. The molecule has 0 radical (unpaired) electrons. The third-order valence-electron chi connectivity index (χ3n) is 4.23. The van der Waals surface area contributed by atoms with Crippen LogP contribution < -0.4 is 5.32 Å². The lowest BCUT2D eigenvalue weighted by molar-refractivity contribution is -0.141. The highest BCUT2D eigenvalue weighted by atomic mass is 35.5. The molecule has 0 aliphatic rings. The number of hydrogen-bond donors (Lipinski definition) is 1. The van der Waals surface area contributed by atoms with Crippen molar-refractivity contribution in [3.8, 4) is 0 Å². The van der Waals surface area contributed by atoms with Gasteiger partial charge < -0.3 is 5.32 Å². The third kappa shape index (κ3) is 4.57. The van der Waals surface area contributed by atoms with Gasteiger partial charge in [0.25, 0.3) is 0 Å². The van der Waals surface area contributed by atoms with E-state index >= 15 is 0 Å². The largest absolute Gasteiger partial charge is 0.436 e. The Morgan fingerprint density at radius 3 is 2.26 bits per heavy atom. The van der Waals surface area contributed by atoms with E-state index in [2.05, 4.69) is 15.5 Å². The molecule has 27 heavy (non-hydrogen) atoms. The number of halogens is 5. The minimum Gasteiger partial charge on any atom is -0.354 e. The van der Waals surface area contributed by atoms with Crippen LogP contribution in [0.25, 0.3) is 0 Å². The minimum atomic E-state index is -4.60. The van der Waals surface area contributed by atoms with Crippen molar-refractivity contribution in [3.05, 3.63) is 32.8 Å². The number of aromatic nitrogens is 4. The molecule has 150 valence electrons. The number of amides is 1. The van der Waals surface area contributed by atoms with E-state index in [1.54, 1.807) is 25.5 Å². The van der Waals surface area contributed by atoms with Gasteiger partial charge in [-0.15, -0.1) is 0 Å². The van der Waals surface area contributed by atoms with Gasteiger partial charge in [0.15, 0.2) is 5.69 Å². The van der Waals surface area contributed by atoms with Crippen molar-refractivity contribution < 1.29 is 18.0 Å². The summed E-state index contributed by atoms with van der Waals surface area (Å²) in [6.07, 6.45) is -4.20. The van der Waals surface area contributed by atoms with Gasteiger partial charge in [0.1, 0.15) is 6.04 Å². The highest BCUT2D eigenvalue weighted by Gasteiger charge is 2.38. The predicted octanol–water partition coefficient (Wildman–Crippen LogP) is 4.10. The summed E-state index contributed by atoms with van der Waals surface area (Å²) < 4.78 is 41.2. The minimum absolute atomic E-state index is 0.196. The second kappa shape index (κ2) is 8.10. The molecular formula is C16H20Cl2F3N5O. The van der Waals surface area contributed by atoms with Crippen LogP contribution >= 0.6 is 23.2 Å². The molecule has 0 saturated carbocycles. The Morgan fingerprint density at radius 2 is 1.78 bits per heavy atom. The fourth-order valence-corrected chi connectivity index (χ4v) is 3.01. The van der Waals surface area contributed by atoms with Crippen molar-refractivity contribution in [1.29, 1.82) is 0 Å². The summed E-state index contributed by atoms with van der Waals surface area (Å²) in [4.78, 5) is 12.3. The highest BCUT2D eigenvalue weighted by Crippen LogP contribution is 2.35. The summed E-state index contributed by atoms with van der Waals surface area (Å²) in [5.74, 6) is -0.261. The first-order valence-electron chi connectivity index (χ1n) is 8.24. The molecule has 6 nitrogen and oxygen atoms in total. The lowest BCUT2D eigenvalue weighted by atomic mass is 10.3. The number of hydrogen-bond acceptors (Lipinski definition) is 3. The molecular weight excluding hydrogens is 406 g/mol. The maximum absolute atomic E-state index is 12.8. The van der Waals surface area contributed by atoms with Crippen LogP contribution in [-0.2, 0) is 17.5 Å². The van der Waals surface area contributed by atoms with E-state index in [-0.39, 0.29) is 24.7 Å². The number of nitrogens with one attached hydrogen (secondary N) is 1. The molecule has 0 fully saturated rings. The van der Waals surface area contributed by atoms with Crippen molar-refractivity contribution in [2.45, 2.75) is 52.9 Å². The van der Waals surface area contributed by atoms with Gasteiger partial charge in [-0.25, -0.2) is 0 Å². The molecule has 0 aromatic carbocycles. The zero-order valence-corrected chi connectivity index (χ0v) is 16.8. The summed E-state index contributed by atoms with van der Waals surface area (Å²) in [5.41, 5.74) is 0.473. The van der Waals surface area contributed by atoms with Crippen LogP contribution in [0.1, 0.15) is 42.2 Å². The molecule has 2 aromatic heterocycles. The first kappa shape index (κ1) is 21.6. The van der Waals surface area contributed by atoms with E-state index in [9.17, 15) is 18.0 Å². The summed E-state index contributed by atoms with van der Waals surface area (Å²) in [6, 6.07) is -0.561. The van der Waals surface area contributed by atoms with Crippen molar-refractivity contribution in [2.75, 3.05) is 6.54 Å². The van der Waals surface area contributed by atoms with Crippen molar-refractivity contribution in [1.82, 2.24) is 24.9 Å². The van der Waals surface area contributed by atoms with Gasteiger partial charge >= 0.3 is 6.18 Å². The van der Waals surface area contributed by atoms with E-state index in [1.165, 1.54) is 11.6 Å². The quantitative estimate of drug-likeness (QED) is 0.708. The van der Waals surface area contributed by atoms with Crippen molar-refractivity contribution in [2.24, 2.45) is 0 Å². The summed E-state index contributed by atoms with van der Waals surface area (Å²) in [6.45, 7) is 7.16. The van der Waals surface area contributed by atoms with Crippen LogP contribution in [0.15, 0.2) is 0 Å². The second-order valence-electron chi connectivity index (χ2n) is 6.22. The first-order chi connectivity index (χ1) is 12.4. The normalized spacial score (nSPS) is 13.1. The van der Waals surface area contributed by atoms with E-state index in [1.807, 2.05) is 0 Å². The summed E-state index contributed by atoms with van der Waals surface area (Å²) in [7, 11) is 0. The van der Waals surface area contributed by atoms with Gasteiger partial charge in [-0.2, -0.15) is 23.4 Å². The SMILES string of the molecule is Cc1nn(C(C)C(=O)NCCCn2nc(C(F)(F)F)c(Cl)c2C)c(C)c1Cl. The third-order valence-corrected chi connectivity index (χ3v) is 5.23. The Labute approximate surface area is 164 Å². The standard InChI is InChI=1S/C16H20Cl2F3N5O/c1-8-12(17)10(3)26(23-8)11(4)15(27)22-6-5-7-25-9(2)13(18)14(24-25)16(19,20)21/h11H,5-7H2,1-4H3,(H,22,27). The molecule has 0 bridgehead atoms. The van der Waals surface area contributed by atoms with E-state index < -0.39 is 22.9 Å². The van der Waals surface area contributed by atoms with Gasteiger partial charge in [0.2, 0.25) is 5.91 Å². The van der Waals surface area contributed by atoms with Gasteiger partial charge in [0.05, 0.1) is 27.1 Å². The Hall–Kier alpha value is -1.74. The number of rotatable bonds is 6. The number of aryl methyl sites for hydroxylation is 2. The van der Waals surface area contributed by atoms with E-state index in [0.717, 1.165) is 0 Å². The average Bonchev–Trinajstić information content (AvgIpc) is 3.02. The molecule has 2 rings (SSSR count). The number of carbonyl (C=O) groups is 1. The maximum Gasteiger partial charge on any atom is 0.436 e. The zero-order chi connectivity index (χ0) is 20.5. The number of nitrogens with zero attached hydrogens (tertiary/aromatic N) is 4. The Morgan fingerprint density at radius 1 is 1.15 bits per heavy atom. The topological polar surface area (TPSA) is 64.7 Å². The molecule has 1 N–H and O–H groups in total. The number of alkyl halides is 3. The Kier molecular flexibility index (Phi) is 6.47. The van der Waals surface area contributed by atoms with Gasteiger partial charge in [0, 0.05) is 13.1 Å². The lowest BCUT2D eigenvalue weighted by Gasteiger charge is -2.14. The second-order valence-corrected chi connectivity index (χ2v) is 6.97. The Bertz CT molecular complexity index is 844. The molecule has 0 aliphatic heterocycles. The maximum atomic E-state index is 12.8. The van der Waals surface area contributed by atoms with Gasteiger partial charge in [-0.3, -0.25) is 14.2 Å². The van der Waals surface area contributed by atoms with Crippen LogP contribution in [0, 0.1) is 20.8 Å².